The molecular weight excluding hydrogens is 378 g/mol. The molecular formula is C20H21N3O4S. The van der Waals surface area contributed by atoms with Crippen LogP contribution in [0.5, 0.6) is 0 Å². The molecule has 0 radical (unpaired) electrons. The van der Waals surface area contributed by atoms with Gasteiger partial charge in [-0.2, -0.15) is 0 Å². The summed E-state index contributed by atoms with van der Waals surface area (Å²) in [6, 6.07) is 13.8. The van der Waals surface area contributed by atoms with Crippen LogP contribution < -0.4 is 9.62 Å². The number of benzene rings is 2. The largest absolute Gasteiger partial charge is 0.371 e. The molecule has 2 heterocycles. The number of carbonyl (C=O) groups is 2. The van der Waals surface area contributed by atoms with Crippen molar-refractivity contribution < 1.29 is 18.0 Å². The van der Waals surface area contributed by atoms with Crippen molar-refractivity contribution in [3.63, 3.8) is 0 Å². The lowest BCUT2D eigenvalue weighted by atomic mass is 10.1. The SMILES string of the molecule is O=C1c2ccccc2C(=O)N1CCS(=O)(=O)Nc1cccc(N2CCCC2)c1. The van der Waals surface area contributed by atoms with Gasteiger partial charge in [0.25, 0.3) is 11.8 Å². The Labute approximate surface area is 164 Å². The third kappa shape index (κ3) is 3.60. The first kappa shape index (κ1) is 18.5. The Balaban J connectivity index is 1.42. The van der Waals surface area contributed by atoms with Crippen LogP contribution in [0.15, 0.2) is 48.5 Å². The lowest BCUT2D eigenvalue weighted by Gasteiger charge is -2.19. The van der Waals surface area contributed by atoms with Gasteiger partial charge in [-0.25, -0.2) is 8.42 Å². The van der Waals surface area contributed by atoms with Crippen molar-refractivity contribution in [1.29, 1.82) is 0 Å². The molecule has 2 aliphatic rings. The highest BCUT2D eigenvalue weighted by Gasteiger charge is 2.35. The van der Waals surface area contributed by atoms with Gasteiger partial charge in [-0.05, 0) is 43.2 Å². The fourth-order valence-electron chi connectivity index (χ4n) is 3.63. The summed E-state index contributed by atoms with van der Waals surface area (Å²) >= 11 is 0. The third-order valence-corrected chi connectivity index (χ3v) is 6.32. The van der Waals surface area contributed by atoms with Gasteiger partial charge in [0.1, 0.15) is 0 Å². The van der Waals surface area contributed by atoms with Crippen LogP contribution in [0, 0.1) is 0 Å². The number of nitrogens with zero attached hydrogens (tertiary/aromatic N) is 2. The van der Waals surface area contributed by atoms with E-state index >= 15 is 0 Å². The summed E-state index contributed by atoms with van der Waals surface area (Å²) < 4.78 is 27.6. The van der Waals surface area contributed by atoms with Gasteiger partial charge < -0.3 is 4.90 Å². The standard InChI is InChI=1S/C20H21N3O4S/c24-19-17-8-1-2-9-18(17)20(25)23(19)12-13-28(26,27)21-15-6-5-7-16(14-15)22-10-3-4-11-22/h1-2,5-9,14,21H,3-4,10-13H2. The fraction of sp³-hybridized carbons (Fsp3) is 0.300. The second kappa shape index (κ2) is 7.27. The molecule has 7 nitrogen and oxygen atoms in total. The molecule has 0 atom stereocenters. The van der Waals surface area contributed by atoms with Crippen LogP contribution >= 0.6 is 0 Å². The molecule has 1 fully saturated rings. The maximum atomic E-state index is 12.5. The van der Waals surface area contributed by atoms with Crippen LogP contribution in [0.4, 0.5) is 11.4 Å². The minimum atomic E-state index is -3.71. The molecule has 8 heteroatoms. The first-order valence-corrected chi connectivity index (χ1v) is 10.9. The topological polar surface area (TPSA) is 86.8 Å². The van der Waals surface area contributed by atoms with Crippen molar-refractivity contribution >= 4 is 33.2 Å². The van der Waals surface area contributed by atoms with Crippen LogP contribution in [0.2, 0.25) is 0 Å². The van der Waals surface area contributed by atoms with Crippen LogP contribution in [0.25, 0.3) is 0 Å². The van der Waals surface area contributed by atoms with Crippen molar-refractivity contribution in [2.24, 2.45) is 0 Å². The predicted octanol–water partition coefficient (Wildman–Crippen LogP) is 2.32. The normalized spacial score (nSPS) is 16.6. The number of carbonyl (C=O) groups excluding carboxylic acids is 2. The van der Waals surface area contributed by atoms with E-state index in [-0.39, 0.29) is 12.3 Å². The number of hydrogen-bond donors (Lipinski definition) is 1. The van der Waals surface area contributed by atoms with Gasteiger partial charge in [0.05, 0.1) is 22.6 Å². The summed E-state index contributed by atoms with van der Waals surface area (Å²) in [5.74, 6) is -1.26. The Bertz CT molecular complexity index is 994. The monoisotopic (exact) mass is 399 g/mol. The molecule has 0 aliphatic carbocycles. The molecule has 0 spiro atoms. The molecule has 2 aromatic rings. The average molecular weight is 399 g/mol. The quantitative estimate of drug-likeness (QED) is 0.754. The first-order chi connectivity index (χ1) is 13.4. The Morgan fingerprint density at radius 3 is 2.18 bits per heavy atom. The highest BCUT2D eigenvalue weighted by atomic mass is 32.2. The van der Waals surface area contributed by atoms with E-state index in [2.05, 4.69) is 9.62 Å². The molecule has 146 valence electrons. The zero-order valence-electron chi connectivity index (χ0n) is 15.3. The van der Waals surface area contributed by atoms with Gasteiger partial charge in [0.2, 0.25) is 10.0 Å². The third-order valence-electron chi connectivity index (χ3n) is 5.05. The number of imide groups is 1. The van der Waals surface area contributed by atoms with Crippen molar-refractivity contribution in [1.82, 2.24) is 4.90 Å². The predicted molar refractivity (Wildman–Crippen MR) is 107 cm³/mol. The summed E-state index contributed by atoms with van der Waals surface area (Å²) in [4.78, 5) is 27.9. The molecule has 0 unspecified atom stereocenters. The minimum Gasteiger partial charge on any atom is -0.371 e. The molecule has 2 aliphatic heterocycles. The van der Waals surface area contributed by atoms with E-state index in [1.165, 1.54) is 0 Å². The zero-order chi connectivity index (χ0) is 19.7. The molecule has 0 aromatic heterocycles. The van der Waals surface area contributed by atoms with E-state index in [1.54, 1.807) is 30.3 Å². The Morgan fingerprint density at radius 2 is 1.54 bits per heavy atom. The lowest BCUT2D eigenvalue weighted by molar-refractivity contribution is 0.0664. The zero-order valence-corrected chi connectivity index (χ0v) is 16.1. The molecule has 2 amide bonds. The van der Waals surface area contributed by atoms with Crippen LogP contribution in [0.1, 0.15) is 33.6 Å². The first-order valence-electron chi connectivity index (χ1n) is 9.25. The number of amides is 2. The number of nitrogens with one attached hydrogen (secondary N) is 1. The van der Waals surface area contributed by atoms with Crippen molar-refractivity contribution in [2.75, 3.05) is 35.0 Å². The highest BCUT2D eigenvalue weighted by molar-refractivity contribution is 7.92. The molecule has 1 N–H and O–H groups in total. The van der Waals surface area contributed by atoms with Gasteiger partial charge in [-0.15, -0.1) is 0 Å². The Kier molecular flexibility index (Phi) is 4.80. The van der Waals surface area contributed by atoms with E-state index in [0.29, 0.717) is 16.8 Å². The molecule has 28 heavy (non-hydrogen) atoms. The molecule has 0 saturated carbocycles. The second-order valence-electron chi connectivity index (χ2n) is 6.97. The second-order valence-corrected chi connectivity index (χ2v) is 8.81. The molecule has 2 aromatic carbocycles. The number of hydrogen-bond acceptors (Lipinski definition) is 5. The Hall–Kier alpha value is -2.87. The number of anilines is 2. The van der Waals surface area contributed by atoms with Crippen molar-refractivity contribution in [3.05, 3.63) is 59.7 Å². The van der Waals surface area contributed by atoms with E-state index in [1.807, 2.05) is 18.2 Å². The smallest absolute Gasteiger partial charge is 0.261 e. The van der Waals surface area contributed by atoms with E-state index in [4.69, 9.17) is 0 Å². The molecule has 0 bridgehead atoms. The average Bonchev–Trinajstić information content (AvgIpc) is 3.29. The molecule has 1 saturated heterocycles. The van der Waals surface area contributed by atoms with Gasteiger partial charge in [-0.3, -0.25) is 19.2 Å². The van der Waals surface area contributed by atoms with Gasteiger partial charge in [0.15, 0.2) is 0 Å². The molecule has 4 rings (SSSR count). The van der Waals surface area contributed by atoms with Crippen molar-refractivity contribution in [3.8, 4) is 0 Å². The maximum absolute atomic E-state index is 12.5. The Morgan fingerprint density at radius 1 is 0.893 bits per heavy atom. The van der Waals surface area contributed by atoms with Crippen LogP contribution in [0.3, 0.4) is 0 Å². The summed E-state index contributed by atoms with van der Waals surface area (Å²) in [5.41, 5.74) is 2.09. The summed E-state index contributed by atoms with van der Waals surface area (Å²) in [5, 5.41) is 0. The maximum Gasteiger partial charge on any atom is 0.261 e. The van der Waals surface area contributed by atoms with E-state index in [0.717, 1.165) is 36.5 Å². The number of rotatable bonds is 6. The number of fused-ring (bicyclic) bond motifs is 1. The van der Waals surface area contributed by atoms with Crippen LogP contribution in [-0.4, -0.2) is 50.5 Å². The minimum absolute atomic E-state index is 0.187. The fourth-order valence-corrected chi connectivity index (χ4v) is 4.64. The highest BCUT2D eigenvalue weighted by Crippen LogP contribution is 2.25. The summed E-state index contributed by atoms with van der Waals surface area (Å²) in [6.07, 6.45) is 2.27. The lowest BCUT2D eigenvalue weighted by Crippen LogP contribution is -2.35. The summed E-state index contributed by atoms with van der Waals surface area (Å²) in [7, 11) is -3.71. The van der Waals surface area contributed by atoms with Crippen molar-refractivity contribution in [2.45, 2.75) is 12.8 Å². The van der Waals surface area contributed by atoms with Gasteiger partial charge >= 0.3 is 0 Å². The van der Waals surface area contributed by atoms with Gasteiger partial charge in [0, 0.05) is 25.3 Å². The van der Waals surface area contributed by atoms with Gasteiger partial charge in [-0.1, -0.05) is 18.2 Å². The number of sulfonamides is 1. The van der Waals surface area contributed by atoms with Crippen LogP contribution in [-0.2, 0) is 10.0 Å². The summed E-state index contributed by atoms with van der Waals surface area (Å²) in [6.45, 7) is 1.75. The van der Waals surface area contributed by atoms with E-state index < -0.39 is 21.8 Å². The van der Waals surface area contributed by atoms with E-state index in [9.17, 15) is 18.0 Å².